The van der Waals surface area contributed by atoms with Gasteiger partial charge in [-0.3, -0.25) is 9.59 Å². The van der Waals surface area contributed by atoms with Gasteiger partial charge in [0.2, 0.25) is 5.91 Å². The zero-order valence-electron chi connectivity index (χ0n) is 18.2. The summed E-state index contributed by atoms with van der Waals surface area (Å²) in [5, 5.41) is 3.46. The molecule has 1 fully saturated rings. The quantitative estimate of drug-likeness (QED) is 0.532. The Morgan fingerprint density at radius 3 is 3.03 bits per heavy atom. The molecule has 2 bridgehead atoms. The number of pyridine rings is 1. The van der Waals surface area contributed by atoms with Gasteiger partial charge in [-0.15, -0.1) is 0 Å². The third-order valence-electron chi connectivity index (χ3n) is 5.98. The molecule has 2 atom stereocenters. The molecule has 0 spiro atoms. The Labute approximate surface area is 205 Å². The van der Waals surface area contributed by atoms with Crippen molar-refractivity contribution in [2.75, 3.05) is 30.8 Å². The molecule has 2 aliphatic heterocycles. The van der Waals surface area contributed by atoms with Crippen molar-refractivity contribution in [1.29, 1.82) is 0 Å². The molecule has 7 nitrogen and oxygen atoms in total. The number of carbonyl (C=O) groups excluding carboxylic acids is 1. The lowest BCUT2D eigenvalue weighted by molar-refractivity contribution is -0.113. The van der Waals surface area contributed by atoms with E-state index in [2.05, 4.69) is 15.2 Å². The predicted octanol–water partition coefficient (Wildman–Crippen LogP) is 3.93. The van der Waals surface area contributed by atoms with Crippen LogP contribution in [-0.4, -0.2) is 50.1 Å². The van der Waals surface area contributed by atoms with Crippen molar-refractivity contribution in [3.8, 4) is 5.75 Å². The fourth-order valence-corrected chi connectivity index (χ4v) is 6.53. The minimum Gasteiger partial charge on any atom is -0.494 e. The number of amides is 1. The zero-order valence-corrected chi connectivity index (χ0v) is 20.6. The third kappa shape index (κ3) is 4.78. The molecule has 1 amide bonds. The second kappa shape index (κ2) is 9.44. The number of hydrogen-bond donors (Lipinski definition) is 1. The van der Waals surface area contributed by atoms with Crippen molar-refractivity contribution >= 4 is 60.9 Å². The van der Waals surface area contributed by atoms with Gasteiger partial charge in [-0.05, 0) is 43.5 Å². The van der Waals surface area contributed by atoms with Crippen LogP contribution in [0.1, 0.15) is 25.0 Å². The topological polar surface area (TPSA) is 76.5 Å². The van der Waals surface area contributed by atoms with Crippen molar-refractivity contribution in [3.63, 3.8) is 0 Å². The number of thioether (sulfide) groups is 1. The minimum absolute atomic E-state index is 0.0771. The molecular weight excluding hydrogens is 476 g/mol. The lowest BCUT2D eigenvalue weighted by Gasteiger charge is -2.43. The predicted molar refractivity (Wildman–Crippen MR) is 138 cm³/mol. The first-order chi connectivity index (χ1) is 16.0. The van der Waals surface area contributed by atoms with Gasteiger partial charge in [-0.2, -0.15) is 0 Å². The summed E-state index contributed by atoms with van der Waals surface area (Å²) >= 11 is 8.48. The van der Waals surface area contributed by atoms with E-state index in [-0.39, 0.29) is 17.2 Å². The van der Waals surface area contributed by atoms with E-state index >= 15 is 0 Å². The summed E-state index contributed by atoms with van der Waals surface area (Å²) in [7, 11) is 0. The molecule has 1 aromatic carbocycles. The first-order valence-electron chi connectivity index (χ1n) is 10.9. The van der Waals surface area contributed by atoms with E-state index in [0.29, 0.717) is 23.6 Å². The van der Waals surface area contributed by atoms with Crippen LogP contribution < -0.4 is 15.6 Å². The fraction of sp³-hybridized carbons (Fsp3) is 0.391. The van der Waals surface area contributed by atoms with Crippen LogP contribution in [0, 0.1) is 5.92 Å². The van der Waals surface area contributed by atoms with Crippen molar-refractivity contribution in [2.45, 2.75) is 25.8 Å². The molecule has 172 valence electrons. The van der Waals surface area contributed by atoms with Crippen LogP contribution in [0.15, 0.2) is 41.2 Å². The van der Waals surface area contributed by atoms with Crippen LogP contribution in [0.5, 0.6) is 5.75 Å². The van der Waals surface area contributed by atoms with Crippen molar-refractivity contribution in [1.82, 2.24) is 14.5 Å². The second-order valence-corrected chi connectivity index (χ2v) is 10.9. The third-order valence-corrected chi connectivity index (χ3v) is 8.44. The number of thiazole rings is 1. The number of fused-ring (bicyclic) bond motifs is 5. The molecule has 0 saturated carbocycles. The second-order valence-electron chi connectivity index (χ2n) is 8.29. The Morgan fingerprint density at radius 1 is 1.30 bits per heavy atom. The number of nitrogens with one attached hydrogen (secondary N) is 1. The Kier molecular flexibility index (Phi) is 6.40. The standard InChI is InChI=1S/C23H24N4O3S3/c1-2-30-16-6-7-17-19(9-16)33-22(24-17)25-20(28)13-32-23(31)26-10-14-8-15(12-26)18-4-3-5-21(29)27(18)11-14/h3-7,9,14-15H,2,8,10-13H2,1H3,(H,24,25,28)/t14-,15-/m0/s1. The minimum atomic E-state index is -0.125. The normalized spacial score (nSPS) is 19.2. The SMILES string of the molecule is CCOc1ccc2nc(NC(=O)CSC(=S)N3C[C@@H]4C[C@@H](C3)c3cccc(=O)n3C4)sc2c1. The smallest absolute Gasteiger partial charge is 0.250 e. The molecule has 1 saturated heterocycles. The van der Waals surface area contributed by atoms with Gasteiger partial charge in [0.25, 0.3) is 5.56 Å². The van der Waals surface area contributed by atoms with Crippen LogP contribution in [0.2, 0.25) is 0 Å². The number of benzene rings is 1. The average Bonchev–Trinajstić information content (AvgIpc) is 3.19. The monoisotopic (exact) mass is 500 g/mol. The molecule has 0 unspecified atom stereocenters. The van der Waals surface area contributed by atoms with Crippen LogP contribution in [0.3, 0.4) is 0 Å². The highest BCUT2D eigenvalue weighted by Crippen LogP contribution is 2.36. The summed E-state index contributed by atoms with van der Waals surface area (Å²) in [6.45, 7) is 4.90. The summed E-state index contributed by atoms with van der Waals surface area (Å²) in [6, 6.07) is 11.2. The van der Waals surface area contributed by atoms with Gasteiger partial charge in [0.05, 0.1) is 22.6 Å². The van der Waals surface area contributed by atoms with Gasteiger partial charge in [0.15, 0.2) is 5.13 Å². The lowest BCUT2D eigenvalue weighted by atomic mass is 9.83. The van der Waals surface area contributed by atoms with Crippen molar-refractivity contribution in [2.24, 2.45) is 5.92 Å². The van der Waals surface area contributed by atoms with E-state index in [1.807, 2.05) is 41.8 Å². The number of piperidine rings is 1. The Bertz CT molecular complexity index is 1270. The molecule has 2 aliphatic rings. The summed E-state index contributed by atoms with van der Waals surface area (Å²) in [5.41, 5.74) is 2.01. The molecule has 2 aromatic heterocycles. The van der Waals surface area contributed by atoms with Crippen LogP contribution in [0.4, 0.5) is 5.13 Å². The van der Waals surface area contributed by atoms with E-state index < -0.39 is 0 Å². The zero-order chi connectivity index (χ0) is 22.9. The maximum atomic E-state index is 12.5. The van der Waals surface area contributed by atoms with Gasteiger partial charge in [0, 0.05) is 37.3 Å². The lowest BCUT2D eigenvalue weighted by Crippen LogP contribution is -2.48. The summed E-state index contributed by atoms with van der Waals surface area (Å²) in [6.07, 6.45) is 1.08. The van der Waals surface area contributed by atoms with E-state index in [1.165, 1.54) is 23.1 Å². The van der Waals surface area contributed by atoms with Gasteiger partial charge in [0.1, 0.15) is 10.1 Å². The number of nitrogens with zero attached hydrogens (tertiary/aromatic N) is 3. The van der Waals surface area contributed by atoms with E-state index in [9.17, 15) is 9.59 Å². The maximum absolute atomic E-state index is 12.5. The Balaban J connectivity index is 1.17. The van der Waals surface area contributed by atoms with Crippen molar-refractivity contribution < 1.29 is 9.53 Å². The highest BCUT2D eigenvalue weighted by molar-refractivity contribution is 8.23. The molecule has 33 heavy (non-hydrogen) atoms. The molecular formula is C23H24N4O3S3. The first kappa shape index (κ1) is 22.4. The highest BCUT2D eigenvalue weighted by Gasteiger charge is 2.35. The number of aromatic nitrogens is 2. The molecule has 10 heteroatoms. The maximum Gasteiger partial charge on any atom is 0.250 e. The summed E-state index contributed by atoms with van der Waals surface area (Å²) in [4.78, 5) is 31.4. The van der Waals surface area contributed by atoms with E-state index in [4.69, 9.17) is 17.0 Å². The van der Waals surface area contributed by atoms with Crippen molar-refractivity contribution in [3.05, 3.63) is 52.4 Å². The first-order valence-corrected chi connectivity index (χ1v) is 13.2. The fourth-order valence-electron chi connectivity index (χ4n) is 4.63. The number of anilines is 1. The number of likely N-dealkylation sites (tertiary alicyclic amines) is 1. The van der Waals surface area contributed by atoms with Gasteiger partial charge >= 0.3 is 0 Å². The van der Waals surface area contributed by atoms with Crippen LogP contribution >= 0.6 is 35.3 Å². The van der Waals surface area contributed by atoms with E-state index in [1.54, 1.807) is 6.07 Å². The molecule has 3 aromatic rings. The number of rotatable bonds is 5. The van der Waals surface area contributed by atoms with E-state index in [0.717, 1.165) is 52.0 Å². The molecule has 4 heterocycles. The number of carbonyl (C=O) groups is 1. The molecule has 0 aliphatic carbocycles. The largest absolute Gasteiger partial charge is 0.494 e. The molecule has 5 rings (SSSR count). The molecule has 1 N–H and O–H groups in total. The highest BCUT2D eigenvalue weighted by atomic mass is 32.2. The average molecular weight is 501 g/mol. The Hall–Kier alpha value is -2.43. The summed E-state index contributed by atoms with van der Waals surface area (Å²) in [5.74, 6) is 1.60. The molecule has 0 radical (unpaired) electrons. The van der Waals surface area contributed by atoms with Gasteiger partial charge in [-0.25, -0.2) is 4.98 Å². The Morgan fingerprint density at radius 2 is 2.18 bits per heavy atom. The summed E-state index contributed by atoms with van der Waals surface area (Å²) < 4.78 is 9.15. The number of ether oxygens (including phenoxy) is 1. The van der Waals surface area contributed by atoms with Crippen LogP contribution in [-0.2, 0) is 11.3 Å². The van der Waals surface area contributed by atoms with Gasteiger partial charge in [-0.1, -0.05) is 41.4 Å². The number of hydrogen-bond acceptors (Lipinski definition) is 7. The number of thiocarbonyl (C=S) groups is 1. The van der Waals surface area contributed by atoms with Gasteiger partial charge < -0.3 is 19.5 Å². The van der Waals surface area contributed by atoms with Crippen LogP contribution in [0.25, 0.3) is 10.2 Å².